The second kappa shape index (κ2) is 3.31. The summed E-state index contributed by atoms with van der Waals surface area (Å²) >= 11 is 1.59. The van der Waals surface area contributed by atoms with E-state index in [2.05, 4.69) is 4.98 Å². The van der Waals surface area contributed by atoms with Crippen LogP contribution in [0.5, 0.6) is 0 Å². The fraction of sp³-hybridized carbons (Fsp3) is 0.100. The Kier molecular flexibility index (Phi) is 2.13. The number of H-pyrrole nitrogens is 1. The zero-order valence-corrected chi connectivity index (χ0v) is 8.39. The monoisotopic (exact) mass is 207 g/mol. The van der Waals surface area contributed by atoms with Gasteiger partial charge >= 0.3 is 5.97 Å². The van der Waals surface area contributed by atoms with Gasteiger partial charge < -0.3 is 10.1 Å². The molecule has 4 heteroatoms. The van der Waals surface area contributed by atoms with E-state index < -0.39 is 5.97 Å². The van der Waals surface area contributed by atoms with Gasteiger partial charge in [-0.1, -0.05) is 0 Å². The lowest BCUT2D eigenvalue weighted by molar-refractivity contribution is 0.0698. The van der Waals surface area contributed by atoms with Crippen molar-refractivity contribution in [1.29, 1.82) is 0 Å². The number of hydrogen-bond donors (Lipinski definition) is 2. The first-order valence-electron chi connectivity index (χ1n) is 4.15. The Morgan fingerprint density at radius 2 is 2.21 bits per heavy atom. The third-order valence-electron chi connectivity index (χ3n) is 1.98. The number of rotatable bonds is 2. The molecule has 0 atom stereocenters. The van der Waals surface area contributed by atoms with Crippen molar-refractivity contribution in [1.82, 2.24) is 4.98 Å². The molecule has 0 radical (unpaired) electrons. The molecule has 0 spiro atoms. The van der Waals surface area contributed by atoms with Crippen LogP contribution in [0.4, 0.5) is 0 Å². The van der Waals surface area contributed by atoms with Crippen LogP contribution >= 0.6 is 11.3 Å². The first kappa shape index (κ1) is 9.02. The number of carboxylic acids is 1. The van der Waals surface area contributed by atoms with Crippen LogP contribution in [0.15, 0.2) is 24.5 Å². The van der Waals surface area contributed by atoms with E-state index in [1.54, 1.807) is 17.5 Å². The van der Waals surface area contributed by atoms with Crippen molar-refractivity contribution in [2.75, 3.05) is 0 Å². The highest BCUT2D eigenvalue weighted by Gasteiger charge is 2.13. The van der Waals surface area contributed by atoms with Crippen molar-refractivity contribution >= 4 is 17.3 Å². The molecule has 14 heavy (non-hydrogen) atoms. The molecule has 0 fully saturated rings. The molecule has 72 valence electrons. The van der Waals surface area contributed by atoms with E-state index in [9.17, 15) is 4.79 Å². The molecule has 0 unspecified atom stereocenters. The van der Waals surface area contributed by atoms with Crippen molar-refractivity contribution < 1.29 is 9.90 Å². The molecule has 2 N–H and O–H groups in total. The largest absolute Gasteiger partial charge is 0.478 e. The van der Waals surface area contributed by atoms with E-state index in [-0.39, 0.29) is 0 Å². The lowest BCUT2D eigenvalue weighted by Crippen LogP contribution is -1.94. The van der Waals surface area contributed by atoms with Gasteiger partial charge in [0.2, 0.25) is 0 Å². The van der Waals surface area contributed by atoms with Gasteiger partial charge in [-0.05, 0) is 19.1 Å². The lowest BCUT2D eigenvalue weighted by atomic mass is 10.2. The Hall–Kier alpha value is -1.55. The maximum atomic E-state index is 10.8. The highest BCUT2D eigenvalue weighted by Crippen LogP contribution is 2.30. The molecule has 2 heterocycles. The average Bonchev–Trinajstić information content (AvgIpc) is 2.70. The fourth-order valence-corrected chi connectivity index (χ4v) is 2.22. The van der Waals surface area contributed by atoms with E-state index in [0.29, 0.717) is 5.56 Å². The van der Waals surface area contributed by atoms with Crippen LogP contribution in [0.25, 0.3) is 10.4 Å². The van der Waals surface area contributed by atoms with E-state index in [4.69, 9.17) is 5.11 Å². The molecule has 3 nitrogen and oxygen atoms in total. The number of aromatic amines is 1. The van der Waals surface area contributed by atoms with Crippen LogP contribution in [-0.2, 0) is 0 Å². The SMILES string of the molecule is Cc1ccc(-c2c[nH]cc2C(=O)O)s1. The quantitative estimate of drug-likeness (QED) is 0.795. The van der Waals surface area contributed by atoms with E-state index >= 15 is 0 Å². The van der Waals surface area contributed by atoms with Crippen LogP contribution < -0.4 is 0 Å². The minimum Gasteiger partial charge on any atom is -0.478 e. The minimum absolute atomic E-state index is 0.326. The summed E-state index contributed by atoms with van der Waals surface area (Å²) in [6.07, 6.45) is 3.22. The first-order chi connectivity index (χ1) is 6.68. The summed E-state index contributed by atoms with van der Waals surface area (Å²) in [6, 6.07) is 3.92. The second-order valence-electron chi connectivity index (χ2n) is 3.00. The number of carboxylic acid groups (broad SMARTS) is 1. The summed E-state index contributed by atoms with van der Waals surface area (Å²) in [7, 11) is 0. The van der Waals surface area contributed by atoms with Gasteiger partial charge in [0.1, 0.15) is 0 Å². The van der Waals surface area contributed by atoms with Crippen molar-refractivity contribution in [3.05, 3.63) is 35.0 Å². The zero-order valence-electron chi connectivity index (χ0n) is 7.57. The summed E-state index contributed by atoms with van der Waals surface area (Å²) in [5.41, 5.74) is 1.09. The molecular formula is C10H9NO2S. The molecule has 2 aromatic heterocycles. The van der Waals surface area contributed by atoms with Crippen molar-refractivity contribution in [3.8, 4) is 10.4 Å². The van der Waals surface area contributed by atoms with Crippen LogP contribution in [0.1, 0.15) is 15.2 Å². The standard InChI is InChI=1S/C10H9NO2S/c1-6-2-3-9(14-6)7-4-11-5-8(7)10(12)13/h2-5,11H,1H3,(H,12,13). The smallest absolute Gasteiger partial charge is 0.337 e. The van der Waals surface area contributed by atoms with Gasteiger partial charge in [0, 0.05) is 27.7 Å². The third kappa shape index (κ3) is 1.44. The van der Waals surface area contributed by atoms with Gasteiger partial charge in [0.05, 0.1) is 5.56 Å². The van der Waals surface area contributed by atoms with Gasteiger partial charge in [-0.25, -0.2) is 4.79 Å². The van der Waals surface area contributed by atoms with Crippen LogP contribution in [-0.4, -0.2) is 16.1 Å². The van der Waals surface area contributed by atoms with E-state index in [0.717, 1.165) is 10.4 Å². The van der Waals surface area contributed by atoms with Gasteiger partial charge in [0.15, 0.2) is 0 Å². The van der Waals surface area contributed by atoms with Crippen molar-refractivity contribution in [2.45, 2.75) is 6.92 Å². The van der Waals surface area contributed by atoms with Crippen molar-refractivity contribution in [2.24, 2.45) is 0 Å². The molecule has 0 amide bonds. The Bertz CT molecular complexity index is 470. The van der Waals surface area contributed by atoms with Gasteiger partial charge in [-0.2, -0.15) is 0 Å². The molecule has 2 rings (SSSR count). The Morgan fingerprint density at radius 3 is 2.79 bits per heavy atom. The molecule has 0 aliphatic carbocycles. The number of thiophene rings is 1. The van der Waals surface area contributed by atoms with Crippen molar-refractivity contribution in [3.63, 3.8) is 0 Å². The van der Waals surface area contributed by atoms with Gasteiger partial charge in [-0.3, -0.25) is 0 Å². The molecule has 0 aromatic carbocycles. The predicted molar refractivity (Wildman–Crippen MR) is 55.8 cm³/mol. The Balaban J connectivity index is 2.51. The highest BCUT2D eigenvalue weighted by molar-refractivity contribution is 7.15. The van der Waals surface area contributed by atoms with Gasteiger partial charge in [-0.15, -0.1) is 11.3 Å². The average molecular weight is 207 g/mol. The van der Waals surface area contributed by atoms with E-state index in [1.165, 1.54) is 11.1 Å². The molecule has 0 aliphatic rings. The molecule has 0 bridgehead atoms. The summed E-state index contributed by atoms with van der Waals surface area (Å²) in [6.45, 7) is 2.00. The fourth-order valence-electron chi connectivity index (χ4n) is 1.32. The molecular weight excluding hydrogens is 198 g/mol. The summed E-state index contributed by atoms with van der Waals surface area (Å²) in [5.74, 6) is -0.896. The molecule has 0 saturated carbocycles. The van der Waals surface area contributed by atoms with Crippen LogP contribution in [0.3, 0.4) is 0 Å². The Labute approximate surface area is 85.0 Å². The highest BCUT2D eigenvalue weighted by atomic mass is 32.1. The molecule has 0 aliphatic heterocycles. The van der Waals surface area contributed by atoms with Crippen LogP contribution in [0.2, 0.25) is 0 Å². The topological polar surface area (TPSA) is 53.1 Å². The predicted octanol–water partition coefficient (Wildman–Crippen LogP) is 2.75. The molecule has 0 saturated heterocycles. The maximum absolute atomic E-state index is 10.8. The maximum Gasteiger partial charge on any atom is 0.337 e. The summed E-state index contributed by atoms with van der Waals surface area (Å²) < 4.78 is 0. The summed E-state index contributed by atoms with van der Waals surface area (Å²) in [5, 5.41) is 8.91. The molecule has 2 aromatic rings. The number of hydrogen-bond acceptors (Lipinski definition) is 2. The first-order valence-corrected chi connectivity index (χ1v) is 4.97. The van der Waals surface area contributed by atoms with Gasteiger partial charge in [0.25, 0.3) is 0 Å². The number of aromatic nitrogens is 1. The normalized spacial score (nSPS) is 10.4. The summed E-state index contributed by atoms with van der Waals surface area (Å²) in [4.78, 5) is 15.8. The minimum atomic E-state index is -0.896. The number of aromatic carboxylic acids is 1. The van der Waals surface area contributed by atoms with E-state index in [1.807, 2.05) is 19.1 Å². The zero-order chi connectivity index (χ0) is 10.1. The lowest BCUT2D eigenvalue weighted by Gasteiger charge is -1.94. The third-order valence-corrected chi connectivity index (χ3v) is 3.02. The second-order valence-corrected chi connectivity index (χ2v) is 4.29. The van der Waals surface area contributed by atoms with Crippen LogP contribution in [0, 0.1) is 6.92 Å². The number of aryl methyl sites for hydroxylation is 1. The number of nitrogens with one attached hydrogen (secondary N) is 1. The Morgan fingerprint density at radius 1 is 1.43 bits per heavy atom. The number of carbonyl (C=O) groups is 1.